The second-order valence-electron chi connectivity index (χ2n) is 4.73. The molecular formula is C13H22N6O2. The van der Waals surface area contributed by atoms with Gasteiger partial charge in [0.05, 0.1) is 19.0 Å². The topological polar surface area (TPSA) is 100 Å². The summed E-state index contributed by atoms with van der Waals surface area (Å²) >= 11 is 0. The monoisotopic (exact) mass is 294 g/mol. The molecule has 2 rings (SSSR count). The second kappa shape index (κ2) is 6.68. The molecular weight excluding hydrogens is 272 g/mol. The predicted molar refractivity (Wildman–Crippen MR) is 81.0 cm³/mol. The Hall–Kier alpha value is -1.93. The van der Waals surface area contributed by atoms with Crippen LogP contribution >= 0.6 is 0 Å². The first-order valence-electron chi connectivity index (χ1n) is 6.92. The number of ether oxygens (including phenoxy) is 2. The molecule has 0 fully saturated rings. The van der Waals surface area contributed by atoms with Crippen LogP contribution in [0.2, 0.25) is 0 Å². The lowest BCUT2D eigenvalue weighted by Crippen LogP contribution is -2.22. The van der Waals surface area contributed by atoms with Crippen LogP contribution in [0, 0.1) is 0 Å². The molecule has 0 amide bonds. The van der Waals surface area contributed by atoms with Crippen molar-refractivity contribution in [2.24, 2.45) is 0 Å². The van der Waals surface area contributed by atoms with Crippen LogP contribution in [0.3, 0.4) is 0 Å². The summed E-state index contributed by atoms with van der Waals surface area (Å²) in [5, 5.41) is 2.97. The van der Waals surface area contributed by atoms with Crippen molar-refractivity contribution in [3.63, 3.8) is 0 Å². The highest BCUT2D eigenvalue weighted by atomic mass is 16.5. The maximum absolute atomic E-state index is 5.98. The fraction of sp³-hybridized carbons (Fsp3) is 0.615. The molecule has 2 aromatic heterocycles. The van der Waals surface area contributed by atoms with Crippen molar-refractivity contribution in [2.75, 3.05) is 31.8 Å². The summed E-state index contributed by atoms with van der Waals surface area (Å²) in [5.41, 5.74) is 7.05. The number of fused-ring (bicyclic) bond motifs is 1. The Morgan fingerprint density at radius 2 is 2.19 bits per heavy atom. The lowest BCUT2D eigenvalue weighted by atomic mass is 10.3. The minimum absolute atomic E-state index is 0.0189. The van der Waals surface area contributed by atoms with Gasteiger partial charge in [-0.3, -0.25) is 4.57 Å². The molecule has 2 unspecified atom stereocenters. The first kappa shape index (κ1) is 15.5. The molecule has 0 saturated heterocycles. The zero-order chi connectivity index (χ0) is 15.4. The van der Waals surface area contributed by atoms with E-state index >= 15 is 0 Å². The first-order valence-corrected chi connectivity index (χ1v) is 6.92. The van der Waals surface area contributed by atoms with Crippen LogP contribution in [0.1, 0.15) is 26.5 Å². The summed E-state index contributed by atoms with van der Waals surface area (Å²) in [5.74, 6) is 0.803. The quantitative estimate of drug-likeness (QED) is 0.796. The molecule has 0 aliphatic rings. The standard InChI is InChI=1S/C13H22N6O2/c1-5-9(6-20-4)21-8(2)19-7-16-10-11(15-3)17-13(14)18-12(10)19/h7-9H,5-6H2,1-4H3,(H3,14,15,17,18). The van der Waals surface area contributed by atoms with Gasteiger partial charge in [-0.05, 0) is 13.3 Å². The molecule has 0 aromatic carbocycles. The zero-order valence-corrected chi connectivity index (χ0v) is 12.8. The Labute approximate surface area is 123 Å². The van der Waals surface area contributed by atoms with Gasteiger partial charge < -0.3 is 20.5 Å². The highest BCUT2D eigenvalue weighted by Crippen LogP contribution is 2.23. The van der Waals surface area contributed by atoms with E-state index in [4.69, 9.17) is 15.2 Å². The number of nitrogens with two attached hydrogens (primary N) is 1. The van der Waals surface area contributed by atoms with Gasteiger partial charge in [0.2, 0.25) is 5.95 Å². The smallest absolute Gasteiger partial charge is 0.224 e. The van der Waals surface area contributed by atoms with Crippen LogP contribution in [0.15, 0.2) is 6.33 Å². The largest absolute Gasteiger partial charge is 0.382 e. The molecule has 0 radical (unpaired) electrons. The van der Waals surface area contributed by atoms with E-state index in [1.54, 1.807) is 20.5 Å². The first-order chi connectivity index (χ1) is 10.1. The summed E-state index contributed by atoms with van der Waals surface area (Å²) in [7, 11) is 3.43. The van der Waals surface area contributed by atoms with Crippen molar-refractivity contribution in [3.05, 3.63) is 6.33 Å². The summed E-state index contributed by atoms with van der Waals surface area (Å²) in [6, 6.07) is 0. The summed E-state index contributed by atoms with van der Waals surface area (Å²) in [4.78, 5) is 12.7. The summed E-state index contributed by atoms with van der Waals surface area (Å²) < 4.78 is 13.0. The number of nitrogens with zero attached hydrogens (tertiary/aromatic N) is 4. The molecule has 116 valence electrons. The Morgan fingerprint density at radius 3 is 2.81 bits per heavy atom. The highest BCUT2D eigenvalue weighted by Gasteiger charge is 2.18. The average Bonchev–Trinajstić information content (AvgIpc) is 2.89. The molecule has 2 aromatic rings. The van der Waals surface area contributed by atoms with Crippen LogP contribution < -0.4 is 11.1 Å². The number of imidazole rings is 1. The van der Waals surface area contributed by atoms with E-state index in [2.05, 4.69) is 27.2 Å². The van der Waals surface area contributed by atoms with Gasteiger partial charge in [-0.2, -0.15) is 9.97 Å². The Balaban J connectivity index is 2.31. The second-order valence-corrected chi connectivity index (χ2v) is 4.73. The molecule has 0 spiro atoms. The van der Waals surface area contributed by atoms with Crippen molar-refractivity contribution < 1.29 is 9.47 Å². The van der Waals surface area contributed by atoms with Gasteiger partial charge in [0.15, 0.2) is 17.0 Å². The minimum Gasteiger partial charge on any atom is -0.382 e. The molecule has 0 bridgehead atoms. The fourth-order valence-electron chi connectivity index (χ4n) is 2.16. The molecule has 2 heterocycles. The fourth-order valence-corrected chi connectivity index (χ4v) is 2.16. The normalized spacial score (nSPS) is 14.3. The maximum Gasteiger partial charge on any atom is 0.224 e. The predicted octanol–water partition coefficient (Wildman–Crippen LogP) is 1.41. The number of methoxy groups -OCH3 is 1. The van der Waals surface area contributed by atoms with Crippen LogP contribution in [-0.2, 0) is 9.47 Å². The average molecular weight is 294 g/mol. The van der Waals surface area contributed by atoms with Gasteiger partial charge >= 0.3 is 0 Å². The number of hydrogen-bond acceptors (Lipinski definition) is 7. The minimum atomic E-state index is -0.228. The Kier molecular flexibility index (Phi) is 4.92. The number of anilines is 2. The van der Waals surface area contributed by atoms with E-state index in [0.717, 1.165) is 6.42 Å². The van der Waals surface area contributed by atoms with E-state index in [9.17, 15) is 0 Å². The van der Waals surface area contributed by atoms with Gasteiger partial charge in [-0.1, -0.05) is 6.92 Å². The van der Waals surface area contributed by atoms with Gasteiger partial charge in [-0.25, -0.2) is 4.98 Å². The third-order valence-electron chi connectivity index (χ3n) is 3.26. The van der Waals surface area contributed by atoms with Gasteiger partial charge in [0, 0.05) is 14.2 Å². The van der Waals surface area contributed by atoms with E-state index in [1.165, 1.54) is 0 Å². The van der Waals surface area contributed by atoms with E-state index in [0.29, 0.717) is 23.6 Å². The van der Waals surface area contributed by atoms with Crippen molar-refractivity contribution in [3.8, 4) is 0 Å². The van der Waals surface area contributed by atoms with Crippen LogP contribution in [0.5, 0.6) is 0 Å². The molecule has 8 heteroatoms. The van der Waals surface area contributed by atoms with Crippen LogP contribution in [-0.4, -0.2) is 46.4 Å². The molecule has 0 aliphatic heterocycles. The van der Waals surface area contributed by atoms with E-state index in [1.807, 2.05) is 11.5 Å². The number of nitrogens with one attached hydrogen (secondary N) is 1. The van der Waals surface area contributed by atoms with E-state index in [-0.39, 0.29) is 18.3 Å². The number of aromatic nitrogens is 4. The van der Waals surface area contributed by atoms with Crippen molar-refractivity contribution in [1.29, 1.82) is 0 Å². The highest BCUT2D eigenvalue weighted by molar-refractivity contribution is 5.84. The third kappa shape index (κ3) is 3.22. The van der Waals surface area contributed by atoms with Gasteiger partial charge in [-0.15, -0.1) is 0 Å². The molecule has 8 nitrogen and oxygen atoms in total. The van der Waals surface area contributed by atoms with Gasteiger partial charge in [0.25, 0.3) is 0 Å². The lowest BCUT2D eigenvalue weighted by molar-refractivity contribution is -0.0720. The van der Waals surface area contributed by atoms with E-state index < -0.39 is 0 Å². The number of nitrogen functional groups attached to an aromatic ring is 1. The number of hydrogen-bond donors (Lipinski definition) is 2. The summed E-state index contributed by atoms with van der Waals surface area (Å²) in [6.07, 6.45) is 2.34. The van der Waals surface area contributed by atoms with Crippen molar-refractivity contribution in [2.45, 2.75) is 32.6 Å². The molecule has 2 atom stereocenters. The Morgan fingerprint density at radius 1 is 1.43 bits per heavy atom. The van der Waals surface area contributed by atoms with Gasteiger partial charge in [0.1, 0.15) is 6.23 Å². The van der Waals surface area contributed by atoms with Crippen LogP contribution in [0.4, 0.5) is 11.8 Å². The summed E-state index contributed by atoms with van der Waals surface area (Å²) in [6.45, 7) is 4.55. The SMILES string of the molecule is CCC(COC)OC(C)n1cnc2c(NC)nc(N)nc21. The van der Waals surface area contributed by atoms with Crippen molar-refractivity contribution in [1.82, 2.24) is 19.5 Å². The molecule has 0 saturated carbocycles. The van der Waals surface area contributed by atoms with Crippen LogP contribution in [0.25, 0.3) is 11.2 Å². The lowest BCUT2D eigenvalue weighted by Gasteiger charge is -2.21. The molecule has 3 N–H and O–H groups in total. The Bertz CT molecular complexity index is 600. The zero-order valence-electron chi connectivity index (χ0n) is 12.8. The maximum atomic E-state index is 5.98. The molecule has 21 heavy (non-hydrogen) atoms. The van der Waals surface area contributed by atoms with Crippen molar-refractivity contribution >= 4 is 22.9 Å². The number of rotatable bonds is 7. The third-order valence-corrected chi connectivity index (χ3v) is 3.26. The molecule has 0 aliphatic carbocycles.